The second-order valence-corrected chi connectivity index (χ2v) is 2.01. The van der Waals surface area contributed by atoms with Crippen LogP contribution < -0.4 is 0 Å². The molecule has 0 atom stereocenters. The molecule has 2 rings (SSSR count). The van der Waals surface area contributed by atoms with Crippen LogP contribution in [0.15, 0.2) is 36.5 Å². The molecular formula is C10H12Hf-4. The summed E-state index contributed by atoms with van der Waals surface area (Å²) in [6.45, 7) is 0. The minimum atomic E-state index is 0. The first-order valence-corrected chi connectivity index (χ1v) is 3.43. The first-order chi connectivity index (χ1) is 5.00. The van der Waals surface area contributed by atoms with Gasteiger partial charge in [0, 0.05) is 25.8 Å². The summed E-state index contributed by atoms with van der Waals surface area (Å²) in [7, 11) is 0. The van der Waals surface area contributed by atoms with Crippen LogP contribution in [0, 0.1) is 12.2 Å². The summed E-state index contributed by atoms with van der Waals surface area (Å²) in [6.07, 6.45) is 20.0. The van der Waals surface area contributed by atoms with E-state index in [2.05, 4.69) is 24.3 Å². The molecule has 11 heavy (non-hydrogen) atoms. The molecule has 0 N–H and O–H groups in total. The van der Waals surface area contributed by atoms with Gasteiger partial charge in [-0.3, -0.25) is 12.2 Å². The topological polar surface area (TPSA) is 0 Å². The van der Waals surface area contributed by atoms with Gasteiger partial charge in [-0.25, -0.2) is 24.3 Å². The van der Waals surface area contributed by atoms with Gasteiger partial charge in [-0.15, -0.1) is 12.8 Å². The molecule has 0 amide bonds. The monoisotopic (exact) mass is 312 g/mol. The second kappa shape index (κ2) is 7.93. The van der Waals surface area contributed by atoms with E-state index < -0.39 is 0 Å². The Balaban J connectivity index is -0.000000125. The van der Waals surface area contributed by atoms with E-state index in [0.717, 1.165) is 12.8 Å². The SMILES string of the molecule is [C-]1=CC=CC1.[C-]1=CC=CC1.[H-].[H-].[Hf]. The van der Waals surface area contributed by atoms with Gasteiger partial charge in [0.25, 0.3) is 0 Å². The molecule has 60 valence electrons. The van der Waals surface area contributed by atoms with Crippen molar-refractivity contribution in [2.24, 2.45) is 0 Å². The Morgan fingerprint density at radius 2 is 1.36 bits per heavy atom. The molecule has 2 aliphatic rings. The molecule has 0 nitrogen and oxygen atoms in total. The van der Waals surface area contributed by atoms with E-state index in [0.29, 0.717) is 0 Å². The number of allylic oxidation sites excluding steroid dienone is 8. The van der Waals surface area contributed by atoms with Crippen molar-refractivity contribution >= 4 is 0 Å². The van der Waals surface area contributed by atoms with Crippen molar-refractivity contribution in [3.63, 3.8) is 0 Å². The zero-order valence-electron chi connectivity index (χ0n) is 8.38. The second-order valence-electron chi connectivity index (χ2n) is 2.01. The van der Waals surface area contributed by atoms with Crippen LogP contribution in [0.1, 0.15) is 15.7 Å². The first-order valence-electron chi connectivity index (χ1n) is 3.43. The van der Waals surface area contributed by atoms with E-state index >= 15 is 0 Å². The molecule has 0 saturated carbocycles. The van der Waals surface area contributed by atoms with Crippen LogP contribution in [0.5, 0.6) is 0 Å². The van der Waals surface area contributed by atoms with E-state index in [1.54, 1.807) is 0 Å². The summed E-state index contributed by atoms with van der Waals surface area (Å²) in [5, 5.41) is 0. The average Bonchev–Trinajstić information content (AvgIpc) is 2.67. The van der Waals surface area contributed by atoms with Gasteiger partial charge < -0.3 is 2.85 Å². The van der Waals surface area contributed by atoms with Gasteiger partial charge in [0.2, 0.25) is 0 Å². The third-order valence-corrected chi connectivity index (χ3v) is 1.17. The molecule has 2 aliphatic carbocycles. The molecule has 0 saturated heterocycles. The fourth-order valence-corrected chi connectivity index (χ4v) is 0.680. The maximum atomic E-state index is 2.99. The maximum Gasteiger partial charge on any atom is 0 e. The summed E-state index contributed by atoms with van der Waals surface area (Å²) in [5.74, 6) is 0. The van der Waals surface area contributed by atoms with Crippen molar-refractivity contribution in [1.29, 1.82) is 0 Å². The van der Waals surface area contributed by atoms with Gasteiger partial charge >= 0.3 is 0 Å². The van der Waals surface area contributed by atoms with E-state index in [9.17, 15) is 0 Å². The van der Waals surface area contributed by atoms with Crippen LogP contribution in [-0.4, -0.2) is 0 Å². The summed E-state index contributed by atoms with van der Waals surface area (Å²) in [6, 6.07) is 0. The molecule has 0 aromatic carbocycles. The summed E-state index contributed by atoms with van der Waals surface area (Å²) in [5.41, 5.74) is 0. The molecule has 0 aromatic rings. The minimum Gasteiger partial charge on any atom is -1.00 e. The summed E-state index contributed by atoms with van der Waals surface area (Å²) in [4.78, 5) is 0. The van der Waals surface area contributed by atoms with Crippen molar-refractivity contribution < 1.29 is 28.7 Å². The van der Waals surface area contributed by atoms with E-state index in [1.807, 2.05) is 24.3 Å². The van der Waals surface area contributed by atoms with E-state index in [4.69, 9.17) is 0 Å². The zero-order valence-corrected chi connectivity index (χ0v) is 9.97. The van der Waals surface area contributed by atoms with Crippen LogP contribution in [0.4, 0.5) is 0 Å². The van der Waals surface area contributed by atoms with E-state index in [-0.39, 0.29) is 28.7 Å². The van der Waals surface area contributed by atoms with Crippen molar-refractivity contribution in [2.75, 3.05) is 0 Å². The van der Waals surface area contributed by atoms with Crippen LogP contribution in [0.3, 0.4) is 0 Å². The zero-order chi connectivity index (χ0) is 7.07. The molecule has 0 aliphatic heterocycles. The fourth-order valence-electron chi connectivity index (χ4n) is 0.680. The quantitative estimate of drug-likeness (QED) is 0.477. The molecule has 0 aromatic heterocycles. The predicted octanol–water partition coefficient (Wildman–Crippen LogP) is 2.83. The average molecular weight is 311 g/mol. The molecule has 0 unspecified atom stereocenters. The Labute approximate surface area is 90.1 Å². The van der Waals surface area contributed by atoms with Crippen molar-refractivity contribution in [2.45, 2.75) is 12.8 Å². The maximum absolute atomic E-state index is 2.99. The van der Waals surface area contributed by atoms with Crippen LogP contribution >= 0.6 is 0 Å². The Morgan fingerprint density at radius 1 is 0.909 bits per heavy atom. The number of hydrogen-bond donors (Lipinski definition) is 0. The van der Waals surface area contributed by atoms with Crippen LogP contribution in [-0.2, 0) is 25.8 Å². The summed E-state index contributed by atoms with van der Waals surface area (Å²) >= 11 is 0. The Morgan fingerprint density at radius 3 is 1.45 bits per heavy atom. The van der Waals surface area contributed by atoms with Gasteiger partial charge in [-0.05, 0) is 0 Å². The molecular weight excluding hydrogens is 299 g/mol. The standard InChI is InChI=1S/2C5H5.Hf.2H/c2*1-2-4-5-3-1;;;/h2*1-3H,4H2;;;/q2*-1;;2*-1. The largest absolute Gasteiger partial charge is 1.00 e. The Kier molecular flexibility index (Phi) is 7.81. The third-order valence-electron chi connectivity index (χ3n) is 1.17. The van der Waals surface area contributed by atoms with Gasteiger partial charge in [-0.2, -0.15) is 12.2 Å². The van der Waals surface area contributed by atoms with Crippen LogP contribution in [0.2, 0.25) is 0 Å². The van der Waals surface area contributed by atoms with Gasteiger partial charge in [0.1, 0.15) is 0 Å². The summed E-state index contributed by atoms with van der Waals surface area (Å²) < 4.78 is 0. The Bertz CT molecular complexity index is 151. The van der Waals surface area contributed by atoms with Crippen LogP contribution in [0.25, 0.3) is 0 Å². The molecule has 1 heteroatoms. The van der Waals surface area contributed by atoms with Gasteiger partial charge in [-0.1, -0.05) is 0 Å². The molecule has 0 spiro atoms. The first kappa shape index (κ1) is 10.8. The van der Waals surface area contributed by atoms with E-state index in [1.165, 1.54) is 0 Å². The van der Waals surface area contributed by atoms with Gasteiger partial charge in [0.15, 0.2) is 0 Å². The molecule has 0 bridgehead atoms. The normalized spacial score (nSPS) is 16.0. The van der Waals surface area contributed by atoms with Gasteiger partial charge in [0.05, 0.1) is 0 Å². The third kappa shape index (κ3) is 6.24. The molecule has 0 heterocycles. The van der Waals surface area contributed by atoms with Crippen molar-refractivity contribution in [3.05, 3.63) is 48.6 Å². The van der Waals surface area contributed by atoms with Crippen molar-refractivity contribution in [3.8, 4) is 0 Å². The molecule has 0 fully saturated rings. The fraction of sp³-hybridized carbons (Fsp3) is 0.200. The minimum absolute atomic E-state index is 0. The number of hydrogen-bond acceptors (Lipinski definition) is 0. The van der Waals surface area contributed by atoms with Crippen molar-refractivity contribution in [1.82, 2.24) is 0 Å². The smallest absolute Gasteiger partial charge is 0 e. The Hall–Kier alpha value is -0.170. The molecule has 0 radical (unpaired) electrons. The predicted molar refractivity (Wildman–Crippen MR) is 45.4 cm³/mol. The number of rotatable bonds is 0.